The smallest absolute Gasteiger partial charge is 0.225 e. The molecule has 3 aliphatic heterocycles. The molecule has 3 aliphatic rings. The number of halogens is 1. The van der Waals surface area contributed by atoms with Crippen LogP contribution in [0, 0.1) is 5.82 Å². The van der Waals surface area contributed by atoms with Gasteiger partial charge >= 0.3 is 0 Å². The lowest BCUT2D eigenvalue weighted by Crippen LogP contribution is -2.55. The highest BCUT2D eigenvalue weighted by molar-refractivity contribution is 7.90. The minimum atomic E-state index is -3.48. The molecule has 2 aromatic rings. The summed E-state index contributed by atoms with van der Waals surface area (Å²) in [6.07, 6.45) is 3.09. The number of methoxy groups -OCH3 is 1. The first kappa shape index (κ1) is 19.7. The first-order valence-corrected chi connectivity index (χ1v) is 11.4. The summed E-state index contributed by atoms with van der Waals surface area (Å²) in [5.41, 5.74) is 0.205. The van der Waals surface area contributed by atoms with E-state index in [2.05, 4.69) is 9.97 Å². The topological polar surface area (TPSA) is 84.9 Å². The zero-order valence-electron chi connectivity index (χ0n) is 16.6. The van der Waals surface area contributed by atoms with Gasteiger partial charge in [-0.15, -0.1) is 0 Å². The number of nitrogens with zero attached hydrogens (tertiary/aromatic N) is 4. The second kappa shape index (κ2) is 7.14. The Morgan fingerprint density at radius 3 is 2.87 bits per heavy atom. The van der Waals surface area contributed by atoms with Crippen molar-refractivity contribution < 1.29 is 22.3 Å². The molecule has 0 amide bonds. The number of sulfonamides is 1. The number of rotatable bonds is 5. The third-order valence-corrected chi connectivity index (χ3v) is 8.56. The summed E-state index contributed by atoms with van der Waals surface area (Å²) in [6.45, 7) is 1.56. The first-order chi connectivity index (χ1) is 14.4. The molecule has 4 heterocycles. The van der Waals surface area contributed by atoms with Crippen LogP contribution in [-0.2, 0) is 21.2 Å². The van der Waals surface area contributed by atoms with Gasteiger partial charge in [-0.25, -0.2) is 22.8 Å². The van der Waals surface area contributed by atoms with Crippen LogP contribution in [0.2, 0.25) is 0 Å². The number of morpholine rings is 1. The molecule has 3 fully saturated rings. The van der Waals surface area contributed by atoms with Crippen molar-refractivity contribution in [2.75, 3.05) is 38.2 Å². The van der Waals surface area contributed by atoms with Gasteiger partial charge in [-0.1, -0.05) is 12.1 Å². The molecule has 2 bridgehead atoms. The van der Waals surface area contributed by atoms with Gasteiger partial charge in [-0.2, -0.15) is 4.31 Å². The molecule has 0 radical (unpaired) electrons. The number of hydrogen-bond donors (Lipinski definition) is 0. The van der Waals surface area contributed by atoms with Crippen molar-refractivity contribution in [3.63, 3.8) is 0 Å². The fraction of sp³-hybridized carbons (Fsp3) is 0.500. The SMILES string of the molecule is COc1cccc(CCN2C[C@]34CN(c5ncc(F)cn5)C[C@@H](C[C@H]3S2(=O)=O)O4)c1. The maximum Gasteiger partial charge on any atom is 0.225 e. The molecule has 1 spiro atoms. The second-order valence-corrected chi connectivity index (χ2v) is 10.2. The quantitative estimate of drug-likeness (QED) is 0.700. The molecule has 0 N–H and O–H groups in total. The van der Waals surface area contributed by atoms with Crippen LogP contribution in [0.15, 0.2) is 36.7 Å². The predicted octanol–water partition coefficient (Wildman–Crippen LogP) is 1.23. The van der Waals surface area contributed by atoms with Crippen molar-refractivity contribution in [1.29, 1.82) is 0 Å². The average molecular weight is 434 g/mol. The molecule has 1 aromatic carbocycles. The van der Waals surface area contributed by atoms with Gasteiger partial charge in [0.2, 0.25) is 16.0 Å². The lowest BCUT2D eigenvalue weighted by atomic mass is 9.99. The van der Waals surface area contributed by atoms with Crippen LogP contribution in [0.4, 0.5) is 10.3 Å². The highest BCUT2D eigenvalue weighted by Crippen LogP contribution is 2.46. The highest BCUT2D eigenvalue weighted by atomic mass is 32.2. The number of hydrogen-bond acceptors (Lipinski definition) is 7. The van der Waals surface area contributed by atoms with Gasteiger partial charge in [0.25, 0.3) is 0 Å². The van der Waals surface area contributed by atoms with E-state index in [0.717, 1.165) is 23.7 Å². The Labute approximate surface area is 174 Å². The Bertz CT molecular complexity index is 1050. The van der Waals surface area contributed by atoms with Gasteiger partial charge in [0.05, 0.1) is 32.2 Å². The summed E-state index contributed by atoms with van der Waals surface area (Å²) in [6, 6.07) is 7.64. The monoisotopic (exact) mass is 434 g/mol. The van der Waals surface area contributed by atoms with Crippen LogP contribution in [0.3, 0.4) is 0 Å². The fourth-order valence-electron chi connectivity index (χ4n) is 4.85. The van der Waals surface area contributed by atoms with E-state index >= 15 is 0 Å². The number of aromatic nitrogens is 2. The largest absolute Gasteiger partial charge is 0.497 e. The Kier molecular flexibility index (Phi) is 4.68. The summed E-state index contributed by atoms with van der Waals surface area (Å²) < 4.78 is 52.7. The van der Waals surface area contributed by atoms with Gasteiger partial charge in [-0.3, -0.25) is 0 Å². The van der Waals surface area contributed by atoms with Crippen LogP contribution in [0.1, 0.15) is 12.0 Å². The van der Waals surface area contributed by atoms with Crippen LogP contribution in [-0.4, -0.2) is 72.9 Å². The van der Waals surface area contributed by atoms with Crippen molar-refractivity contribution in [1.82, 2.24) is 14.3 Å². The molecular formula is C20H23FN4O4S. The minimum absolute atomic E-state index is 0.201. The summed E-state index contributed by atoms with van der Waals surface area (Å²) in [4.78, 5) is 10.0. The number of ether oxygens (including phenoxy) is 2. The van der Waals surface area contributed by atoms with Crippen molar-refractivity contribution in [3.05, 3.63) is 48.0 Å². The molecular weight excluding hydrogens is 411 g/mol. The Morgan fingerprint density at radius 2 is 2.10 bits per heavy atom. The molecule has 8 nitrogen and oxygen atoms in total. The Balaban J connectivity index is 1.35. The Morgan fingerprint density at radius 1 is 1.30 bits per heavy atom. The molecule has 10 heteroatoms. The van der Waals surface area contributed by atoms with Crippen LogP contribution in [0.5, 0.6) is 5.75 Å². The van der Waals surface area contributed by atoms with E-state index in [1.165, 1.54) is 0 Å². The first-order valence-electron chi connectivity index (χ1n) is 9.92. The van der Waals surface area contributed by atoms with Crippen molar-refractivity contribution in [3.8, 4) is 5.75 Å². The number of fused-ring (bicyclic) bond motifs is 1. The maximum absolute atomic E-state index is 13.3. The molecule has 30 heavy (non-hydrogen) atoms. The molecule has 5 rings (SSSR count). The van der Waals surface area contributed by atoms with E-state index in [0.29, 0.717) is 45.0 Å². The standard InChI is InChI=1S/C20H23FN4O4S/c1-28-16-4-2-3-14(7-16)5-6-25-13-20-12-24(19-22-9-15(21)10-23-19)11-17(29-20)8-18(20)30(25,26)27/h2-4,7,9-10,17-18H,5-6,8,11-13H2,1H3/t17-,18-,20-/m1/s1. The summed E-state index contributed by atoms with van der Waals surface area (Å²) in [5, 5.41) is -0.578. The summed E-state index contributed by atoms with van der Waals surface area (Å²) in [5.74, 6) is 0.649. The van der Waals surface area contributed by atoms with Gasteiger partial charge in [0, 0.05) is 19.6 Å². The van der Waals surface area contributed by atoms with E-state index in [4.69, 9.17) is 9.47 Å². The molecule has 0 aliphatic carbocycles. The molecule has 3 saturated heterocycles. The normalized spacial score (nSPS) is 29.7. The van der Waals surface area contributed by atoms with E-state index in [1.54, 1.807) is 11.4 Å². The van der Waals surface area contributed by atoms with Gasteiger partial charge in [-0.05, 0) is 30.5 Å². The van der Waals surface area contributed by atoms with Crippen LogP contribution in [0.25, 0.3) is 0 Å². The third-order valence-electron chi connectivity index (χ3n) is 6.18. The van der Waals surface area contributed by atoms with E-state index in [-0.39, 0.29) is 6.10 Å². The Hall–Kier alpha value is -2.30. The summed E-state index contributed by atoms with van der Waals surface area (Å²) >= 11 is 0. The van der Waals surface area contributed by atoms with E-state index in [9.17, 15) is 12.8 Å². The predicted molar refractivity (Wildman–Crippen MR) is 107 cm³/mol. The van der Waals surface area contributed by atoms with Gasteiger partial charge < -0.3 is 14.4 Å². The third kappa shape index (κ3) is 3.23. The number of anilines is 1. The number of benzene rings is 1. The summed E-state index contributed by atoms with van der Waals surface area (Å²) in [7, 11) is -1.87. The second-order valence-electron chi connectivity index (χ2n) is 8.09. The van der Waals surface area contributed by atoms with Crippen molar-refractivity contribution >= 4 is 16.0 Å². The lowest BCUT2D eigenvalue weighted by molar-refractivity contribution is -0.0529. The lowest BCUT2D eigenvalue weighted by Gasteiger charge is -2.39. The van der Waals surface area contributed by atoms with Crippen molar-refractivity contribution in [2.24, 2.45) is 0 Å². The zero-order chi connectivity index (χ0) is 20.9. The highest BCUT2D eigenvalue weighted by Gasteiger charge is 2.65. The van der Waals surface area contributed by atoms with Gasteiger partial charge in [0.15, 0.2) is 5.82 Å². The van der Waals surface area contributed by atoms with Crippen LogP contribution < -0.4 is 9.64 Å². The minimum Gasteiger partial charge on any atom is -0.497 e. The molecule has 1 aromatic heterocycles. The van der Waals surface area contributed by atoms with Gasteiger partial charge in [0.1, 0.15) is 16.6 Å². The van der Waals surface area contributed by atoms with Crippen LogP contribution >= 0.6 is 0 Å². The fourth-order valence-corrected chi connectivity index (χ4v) is 7.16. The van der Waals surface area contributed by atoms with E-state index in [1.807, 2.05) is 29.2 Å². The zero-order valence-corrected chi connectivity index (χ0v) is 17.4. The van der Waals surface area contributed by atoms with Crippen molar-refractivity contribution in [2.45, 2.75) is 29.8 Å². The molecule has 160 valence electrons. The molecule has 3 atom stereocenters. The van der Waals surface area contributed by atoms with E-state index < -0.39 is 26.7 Å². The maximum atomic E-state index is 13.3. The molecule has 0 saturated carbocycles. The average Bonchev–Trinajstić information content (AvgIpc) is 3.11. The molecule has 0 unspecified atom stereocenters.